The van der Waals surface area contributed by atoms with Crippen molar-refractivity contribution in [1.82, 2.24) is 14.9 Å². The number of benzene rings is 1. The lowest BCUT2D eigenvalue weighted by molar-refractivity contribution is -0.116. The summed E-state index contributed by atoms with van der Waals surface area (Å²) in [6.45, 7) is 2.11. The monoisotopic (exact) mass is 394 g/mol. The van der Waals surface area contributed by atoms with Gasteiger partial charge in [-0.2, -0.15) is 0 Å². The van der Waals surface area contributed by atoms with Crippen LogP contribution in [-0.2, 0) is 21.2 Å². The van der Waals surface area contributed by atoms with Gasteiger partial charge in [0.15, 0.2) is 0 Å². The molecule has 9 heteroatoms. The number of hydrogen-bond acceptors (Lipinski definition) is 6. The predicted octanol–water partition coefficient (Wildman–Crippen LogP) is 2.80. The van der Waals surface area contributed by atoms with E-state index in [2.05, 4.69) is 27.2 Å². The Labute approximate surface area is 157 Å². The van der Waals surface area contributed by atoms with Gasteiger partial charge in [0.25, 0.3) is 0 Å². The van der Waals surface area contributed by atoms with Crippen LogP contribution in [0.3, 0.4) is 0 Å². The Kier molecular flexibility index (Phi) is 7.89. The lowest BCUT2D eigenvalue weighted by Gasteiger charge is -2.03. The number of unbranched alkanes of at least 4 members (excludes halogenated alkanes) is 1. The maximum Gasteiger partial charge on any atom is 0.233 e. The molecule has 0 saturated heterocycles. The third kappa shape index (κ3) is 7.42. The normalized spacial score (nSPS) is 11.7. The summed E-state index contributed by atoms with van der Waals surface area (Å²) in [5.41, 5.74) is 0.783. The van der Waals surface area contributed by atoms with Gasteiger partial charge in [0.1, 0.15) is 5.01 Å². The van der Waals surface area contributed by atoms with E-state index in [0.717, 1.165) is 35.2 Å². The molecule has 1 aromatic heterocycles. The molecule has 2 rings (SSSR count). The molecule has 7 nitrogen and oxygen atoms in total. The van der Waals surface area contributed by atoms with Gasteiger partial charge in [-0.1, -0.05) is 55.0 Å². The summed E-state index contributed by atoms with van der Waals surface area (Å²) >= 11 is 1.34. The first-order valence-electron chi connectivity index (χ1n) is 8.33. The fraction of sp³-hybridized carbons (Fsp3) is 0.353. The first-order chi connectivity index (χ1) is 12.5. The Morgan fingerprint density at radius 2 is 2.00 bits per heavy atom. The van der Waals surface area contributed by atoms with E-state index in [9.17, 15) is 13.2 Å². The molecule has 0 aliphatic carbocycles. The minimum Gasteiger partial charge on any atom is -0.300 e. The number of nitrogens with one attached hydrogen (secondary N) is 2. The van der Waals surface area contributed by atoms with Gasteiger partial charge in [-0.15, -0.1) is 10.2 Å². The Bertz CT molecular complexity index is 833. The highest BCUT2D eigenvalue weighted by atomic mass is 32.2. The molecule has 0 atom stereocenters. The smallest absolute Gasteiger partial charge is 0.233 e. The summed E-state index contributed by atoms with van der Waals surface area (Å²) in [5, 5.41) is 13.0. The standard InChI is InChI=1S/C17H22N4O3S2/c1-2-3-9-16-20-21-17(25-16)19-15(22)10-12-18-26(23,24)13-11-14-7-5-4-6-8-14/h4-8,11,13,18H,2-3,9-10,12H2,1H3,(H,19,21,22). The van der Waals surface area contributed by atoms with Gasteiger partial charge >= 0.3 is 0 Å². The number of aryl methyl sites for hydroxylation is 1. The third-order valence-corrected chi connectivity index (χ3v) is 5.35. The Hall–Kier alpha value is -2.10. The number of carbonyl (C=O) groups is 1. The van der Waals surface area contributed by atoms with Gasteiger partial charge in [0, 0.05) is 24.8 Å². The second-order valence-corrected chi connectivity index (χ2v) is 8.27. The average molecular weight is 395 g/mol. The van der Waals surface area contributed by atoms with Gasteiger partial charge in [0.05, 0.1) is 0 Å². The molecule has 0 spiro atoms. The molecule has 26 heavy (non-hydrogen) atoms. The number of sulfonamides is 1. The highest BCUT2D eigenvalue weighted by molar-refractivity contribution is 7.92. The molecule has 2 N–H and O–H groups in total. The number of rotatable bonds is 10. The summed E-state index contributed by atoms with van der Waals surface area (Å²) in [6.07, 6.45) is 4.46. The van der Waals surface area contributed by atoms with Crippen LogP contribution in [0.25, 0.3) is 6.08 Å². The molecular formula is C17H22N4O3S2. The van der Waals surface area contributed by atoms with E-state index >= 15 is 0 Å². The zero-order chi connectivity index (χ0) is 18.8. The minimum absolute atomic E-state index is 0.00872. The van der Waals surface area contributed by atoms with Gasteiger partial charge in [-0.25, -0.2) is 13.1 Å². The van der Waals surface area contributed by atoms with Crippen molar-refractivity contribution in [3.8, 4) is 0 Å². The van der Waals surface area contributed by atoms with Crippen molar-refractivity contribution in [3.63, 3.8) is 0 Å². The van der Waals surface area contributed by atoms with Crippen LogP contribution < -0.4 is 10.0 Å². The molecule has 0 radical (unpaired) electrons. The van der Waals surface area contributed by atoms with E-state index in [1.165, 1.54) is 17.4 Å². The van der Waals surface area contributed by atoms with Crippen LogP contribution in [0.4, 0.5) is 5.13 Å². The van der Waals surface area contributed by atoms with Crippen LogP contribution >= 0.6 is 11.3 Å². The van der Waals surface area contributed by atoms with Gasteiger partial charge in [0.2, 0.25) is 21.1 Å². The summed E-state index contributed by atoms with van der Waals surface area (Å²) in [7, 11) is -3.59. The van der Waals surface area contributed by atoms with E-state index < -0.39 is 10.0 Å². The second kappa shape index (κ2) is 10.1. The van der Waals surface area contributed by atoms with Gasteiger partial charge in [-0.3, -0.25) is 4.79 Å². The summed E-state index contributed by atoms with van der Waals surface area (Å²) in [5.74, 6) is -0.307. The van der Waals surface area contributed by atoms with E-state index in [4.69, 9.17) is 0 Å². The van der Waals surface area contributed by atoms with Gasteiger partial charge in [-0.05, 0) is 18.1 Å². The molecule has 0 aliphatic rings. The van der Waals surface area contributed by atoms with Crippen LogP contribution in [-0.4, -0.2) is 31.1 Å². The topological polar surface area (TPSA) is 101 Å². The molecule has 0 saturated carbocycles. The molecule has 1 amide bonds. The van der Waals surface area contributed by atoms with E-state index in [1.54, 1.807) is 12.1 Å². The quantitative estimate of drug-likeness (QED) is 0.645. The van der Waals surface area contributed by atoms with Crippen molar-refractivity contribution in [2.75, 3.05) is 11.9 Å². The van der Waals surface area contributed by atoms with Crippen LogP contribution in [0.2, 0.25) is 0 Å². The first kappa shape index (κ1) is 20.2. The fourth-order valence-corrected chi connectivity index (χ4v) is 3.62. The SMILES string of the molecule is CCCCc1nnc(NC(=O)CCNS(=O)(=O)C=Cc2ccccc2)s1. The predicted molar refractivity (Wildman–Crippen MR) is 104 cm³/mol. The Morgan fingerprint density at radius 3 is 2.73 bits per heavy atom. The second-order valence-electron chi connectivity index (χ2n) is 5.56. The van der Waals surface area contributed by atoms with Crippen molar-refractivity contribution >= 4 is 38.5 Å². The van der Waals surface area contributed by atoms with Crippen molar-refractivity contribution in [1.29, 1.82) is 0 Å². The average Bonchev–Trinajstić information content (AvgIpc) is 3.06. The lowest BCUT2D eigenvalue weighted by Crippen LogP contribution is -2.26. The van der Waals surface area contributed by atoms with Crippen molar-refractivity contribution < 1.29 is 13.2 Å². The van der Waals surface area contributed by atoms with E-state index in [-0.39, 0.29) is 18.9 Å². The minimum atomic E-state index is -3.59. The summed E-state index contributed by atoms with van der Waals surface area (Å²) in [4.78, 5) is 11.9. The molecule has 140 valence electrons. The molecule has 1 heterocycles. The van der Waals surface area contributed by atoms with Crippen LogP contribution in [0.5, 0.6) is 0 Å². The summed E-state index contributed by atoms with van der Waals surface area (Å²) in [6, 6.07) is 9.11. The number of carbonyl (C=O) groups excluding carboxylic acids is 1. The van der Waals surface area contributed by atoms with E-state index in [0.29, 0.717) is 5.13 Å². The summed E-state index contributed by atoms with van der Waals surface area (Å²) < 4.78 is 26.2. The maximum absolute atomic E-state index is 11.9. The van der Waals surface area contributed by atoms with Crippen molar-refractivity contribution in [2.45, 2.75) is 32.6 Å². The number of nitrogens with zero attached hydrogens (tertiary/aromatic N) is 2. The van der Waals surface area contributed by atoms with Crippen molar-refractivity contribution in [2.24, 2.45) is 0 Å². The number of amides is 1. The zero-order valence-corrected chi connectivity index (χ0v) is 16.1. The van der Waals surface area contributed by atoms with Crippen LogP contribution in [0, 0.1) is 0 Å². The largest absolute Gasteiger partial charge is 0.300 e. The first-order valence-corrected chi connectivity index (χ1v) is 10.7. The number of anilines is 1. The van der Waals surface area contributed by atoms with Crippen LogP contribution in [0.1, 0.15) is 36.8 Å². The zero-order valence-electron chi connectivity index (χ0n) is 14.5. The molecule has 0 bridgehead atoms. The van der Waals surface area contributed by atoms with Crippen molar-refractivity contribution in [3.05, 3.63) is 46.3 Å². The maximum atomic E-state index is 11.9. The molecule has 0 fully saturated rings. The van der Waals surface area contributed by atoms with Gasteiger partial charge < -0.3 is 5.32 Å². The lowest BCUT2D eigenvalue weighted by atomic mass is 10.2. The Balaban J connectivity index is 1.75. The molecule has 0 unspecified atom stereocenters. The highest BCUT2D eigenvalue weighted by Crippen LogP contribution is 2.17. The third-order valence-electron chi connectivity index (χ3n) is 3.35. The molecule has 2 aromatic rings. The van der Waals surface area contributed by atoms with Crippen LogP contribution in [0.15, 0.2) is 35.7 Å². The Morgan fingerprint density at radius 1 is 1.23 bits per heavy atom. The highest BCUT2D eigenvalue weighted by Gasteiger charge is 2.10. The fourth-order valence-electron chi connectivity index (χ4n) is 2.00. The molecule has 1 aromatic carbocycles. The molecular weight excluding hydrogens is 372 g/mol. The van der Waals surface area contributed by atoms with E-state index in [1.807, 2.05) is 18.2 Å². The molecule has 0 aliphatic heterocycles. The number of aromatic nitrogens is 2. The number of hydrogen-bond donors (Lipinski definition) is 2.